The van der Waals surface area contributed by atoms with E-state index in [9.17, 15) is 9.59 Å². The Hall–Kier alpha value is -3.71. The number of rotatable bonds is 7. The number of thiocarbonyl (C=S) groups is 1. The van der Waals surface area contributed by atoms with Crippen LogP contribution in [0.3, 0.4) is 0 Å². The number of hydrazine groups is 1. The number of fused-ring (bicyclic) bond motifs is 1. The lowest BCUT2D eigenvalue weighted by atomic mass is 9.98. The summed E-state index contributed by atoms with van der Waals surface area (Å²) in [4.78, 5) is 24.3. The molecule has 170 valence electrons. The Bertz CT molecular complexity index is 1170. The molecule has 0 radical (unpaired) electrons. The number of hydrogen-bond donors (Lipinski definition) is 3. The molecule has 7 heteroatoms. The van der Waals surface area contributed by atoms with Crippen molar-refractivity contribution in [1.82, 2.24) is 16.2 Å². The van der Waals surface area contributed by atoms with Crippen LogP contribution in [-0.4, -0.2) is 23.5 Å². The maximum atomic E-state index is 12.2. The third-order valence-corrected chi connectivity index (χ3v) is 5.42. The molecular formula is C26H27N3O3S. The quantitative estimate of drug-likeness (QED) is 0.275. The second-order valence-corrected chi connectivity index (χ2v) is 7.94. The zero-order chi connectivity index (χ0) is 23.6. The van der Waals surface area contributed by atoms with Gasteiger partial charge >= 0.3 is 0 Å². The average molecular weight is 462 g/mol. The number of amides is 2. The summed E-state index contributed by atoms with van der Waals surface area (Å²) in [5, 5.41) is 4.62. The van der Waals surface area contributed by atoms with Crippen LogP contribution in [0.5, 0.6) is 5.75 Å². The zero-order valence-electron chi connectivity index (χ0n) is 18.6. The number of carbonyl (C=O) groups is 2. The molecule has 1 unspecified atom stereocenters. The highest BCUT2D eigenvalue weighted by Crippen LogP contribution is 2.28. The van der Waals surface area contributed by atoms with Gasteiger partial charge in [-0.3, -0.25) is 25.8 Å². The van der Waals surface area contributed by atoms with Gasteiger partial charge in [-0.05, 0) is 58.6 Å². The monoisotopic (exact) mass is 461 g/mol. The highest BCUT2D eigenvalue weighted by Gasteiger charge is 2.11. The Morgan fingerprint density at radius 1 is 1.00 bits per heavy atom. The molecule has 0 aliphatic heterocycles. The Kier molecular flexibility index (Phi) is 8.55. The van der Waals surface area contributed by atoms with Crippen molar-refractivity contribution >= 4 is 46.0 Å². The van der Waals surface area contributed by atoms with Crippen LogP contribution in [0.2, 0.25) is 0 Å². The summed E-state index contributed by atoms with van der Waals surface area (Å²) in [6, 6.07) is 21.5. The normalized spacial score (nSPS) is 11.7. The van der Waals surface area contributed by atoms with Crippen LogP contribution in [0, 0.1) is 0 Å². The lowest BCUT2D eigenvalue weighted by Gasteiger charge is -2.16. The molecule has 0 fully saturated rings. The molecule has 0 bridgehead atoms. The molecule has 0 saturated carbocycles. The van der Waals surface area contributed by atoms with Gasteiger partial charge in [0, 0.05) is 6.08 Å². The summed E-state index contributed by atoms with van der Waals surface area (Å²) < 4.78 is 5.66. The Balaban J connectivity index is 1.46. The lowest BCUT2D eigenvalue weighted by Crippen LogP contribution is -2.49. The average Bonchev–Trinajstić information content (AvgIpc) is 2.84. The van der Waals surface area contributed by atoms with Gasteiger partial charge in [0.2, 0.25) is 5.91 Å². The maximum Gasteiger partial charge on any atom is 0.276 e. The molecule has 0 aromatic heterocycles. The van der Waals surface area contributed by atoms with Crippen LogP contribution >= 0.6 is 12.2 Å². The van der Waals surface area contributed by atoms with Gasteiger partial charge < -0.3 is 4.74 Å². The predicted molar refractivity (Wildman–Crippen MR) is 136 cm³/mol. The van der Waals surface area contributed by atoms with E-state index in [1.807, 2.05) is 66.7 Å². The molecule has 0 heterocycles. The highest BCUT2D eigenvalue weighted by atomic mass is 32.1. The number of benzene rings is 3. The summed E-state index contributed by atoms with van der Waals surface area (Å²) >= 11 is 5.07. The van der Waals surface area contributed by atoms with Crippen molar-refractivity contribution in [3.05, 3.63) is 83.9 Å². The minimum absolute atomic E-state index is 0.0177. The van der Waals surface area contributed by atoms with Crippen molar-refractivity contribution in [2.24, 2.45) is 0 Å². The van der Waals surface area contributed by atoms with E-state index < -0.39 is 11.8 Å². The second kappa shape index (κ2) is 11.8. The maximum absolute atomic E-state index is 12.2. The fraction of sp³-hybridized carbons (Fsp3) is 0.192. The summed E-state index contributed by atoms with van der Waals surface area (Å²) in [5.74, 6) is 0.175. The molecule has 3 aromatic rings. The van der Waals surface area contributed by atoms with Gasteiger partial charge in [0.1, 0.15) is 5.75 Å². The molecule has 33 heavy (non-hydrogen) atoms. The molecule has 0 aliphatic rings. The number of carbonyl (C=O) groups excluding carboxylic acids is 2. The van der Waals surface area contributed by atoms with Crippen LogP contribution in [0.15, 0.2) is 72.8 Å². The fourth-order valence-corrected chi connectivity index (χ4v) is 3.44. The SMILES string of the molecule is CCC(C)c1ccccc1OCC(=O)NNC(=S)NC(=O)/C=C/c1cccc2ccccc12. The van der Waals surface area contributed by atoms with E-state index in [2.05, 4.69) is 30.0 Å². The molecular weight excluding hydrogens is 434 g/mol. The molecule has 3 rings (SSSR count). The van der Waals surface area contributed by atoms with E-state index >= 15 is 0 Å². The van der Waals surface area contributed by atoms with E-state index in [1.165, 1.54) is 6.08 Å². The van der Waals surface area contributed by atoms with Gasteiger partial charge in [-0.15, -0.1) is 0 Å². The first-order chi connectivity index (χ1) is 16.0. The summed E-state index contributed by atoms with van der Waals surface area (Å²) in [7, 11) is 0. The molecule has 0 saturated heterocycles. The fourth-order valence-electron chi connectivity index (χ4n) is 3.29. The largest absolute Gasteiger partial charge is 0.483 e. The van der Waals surface area contributed by atoms with Crippen LogP contribution in [-0.2, 0) is 9.59 Å². The second-order valence-electron chi connectivity index (χ2n) is 7.53. The highest BCUT2D eigenvalue weighted by molar-refractivity contribution is 7.80. The van der Waals surface area contributed by atoms with Gasteiger partial charge in [-0.1, -0.05) is 74.5 Å². The van der Waals surface area contributed by atoms with Gasteiger partial charge in [0.25, 0.3) is 5.91 Å². The Labute approximate surface area is 199 Å². The van der Waals surface area contributed by atoms with Gasteiger partial charge in [-0.25, -0.2) is 0 Å². The van der Waals surface area contributed by atoms with Crippen LogP contribution in [0.4, 0.5) is 0 Å². The van der Waals surface area contributed by atoms with Crippen LogP contribution < -0.4 is 20.9 Å². The van der Waals surface area contributed by atoms with Crippen LogP contribution in [0.25, 0.3) is 16.8 Å². The number of para-hydroxylation sites is 1. The van der Waals surface area contributed by atoms with Crippen molar-refractivity contribution in [1.29, 1.82) is 0 Å². The first kappa shape index (κ1) is 23.9. The Morgan fingerprint density at radius 2 is 1.73 bits per heavy atom. The number of ether oxygens (including phenoxy) is 1. The number of hydrogen-bond acceptors (Lipinski definition) is 4. The standard InChI is InChI=1S/C26H27N3O3S/c1-3-18(2)21-12-6-7-14-23(21)32-17-25(31)28-29-26(33)27-24(30)16-15-20-11-8-10-19-9-4-5-13-22(19)20/h4-16,18H,3,17H2,1-2H3,(H,28,31)(H2,27,29,30,33)/b16-15+. The topological polar surface area (TPSA) is 79.5 Å². The van der Waals surface area contributed by atoms with Gasteiger partial charge in [-0.2, -0.15) is 0 Å². The van der Waals surface area contributed by atoms with Crippen LogP contribution in [0.1, 0.15) is 37.3 Å². The van der Waals surface area contributed by atoms with Crippen molar-refractivity contribution in [3.8, 4) is 5.75 Å². The third kappa shape index (κ3) is 6.89. The van der Waals surface area contributed by atoms with E-state index in [0.717, 1.165) is 28.3 Å². The Morgan fingerprint density at radius 3 is 2.55 bits per heavy atom. The van der Waals surface area contributed by atoms with E-state index in [-0.39, 0.29) is 11.7 Å². The predicted octanol–water partition coefficient (Wildman–Crippen LogP) is 4.47. The first-order valence-electron chi connectivity index (χ1n) is 10.7. The molecule has 3 aromatic carbocycles. The van der Waals surface area contributed by atoms with Crippen molar-refractivity contribution in [2.45, 2.75) is 26.2 Å². The lowest BCUT2D eigenvalue weighted by molar-refractivity contribution is -0.123. The zero-order valence-corrected chi connectivity index (χ0v) is 19.4. The van der Waals surface area contributed by atoms with Crippen molar-refractivity contribution < 1.29 is 14.3 Å². The smallest absolute Gasteiger partial charge is 0.276 e. The molecule has 1 atom stereocenters. The van der Waals surface area contributed by atoms with Crippen molar-refractivity contribution in [3.63, 3.8) is 0 Å². The van der Waals surface area contributed by atoms with Gasteiger partial charge in [0.15, 0.2) is 11.7 Å². The van der Waals surface area contributed by atoms with E-state index in [0.29, 0.717) is 11.7 Å². The minimum Gasteiger partial charge on any atom is -0.483 e. The van der Waals surface area contributed by atoms with E-state index in [4.69, 9.17) is 17.0 Å². The molecule has 0 spiro atoms. The summed E-state index contributed by atoms with van der Waals surface area (Å²) in [6.07, 6.45) is 4.09. The summed E-state index contributed by atoms with van der Waals surface area (Å²) in [5.41, 5.74) is 6.92. The molecule has 6 nitrogen and oxygen atoms in total. The first-order valence-corrected chi connectivity index (χ1v) is 11.2. The van der Waals surface area contributed by atoms with Gasteiger partial charge in [0.05, 0.1) is 0 Å². The molecule has 0 aliphatic carbocycles. The molecule has 3 N–H and O–H groups in total. The van der Waals surface area contributed by atoms with E-state index in [1.54, 1.807) is 6.08 Å². The molecule has 2 amide bonds. The number of nitrogens with one attached hydrogen (secondary N) is 3. The van der Waals surface area contributed by atoms with Crippen molar-refractivity contribution in [2.75, 3.05) is 6.61 Å². The third-order valence-electron chi connectivity index (χ3n) is 5.21. The summed E-state index contributed by atoms with van der Waals surface area (Å²) in [6.45, 7) is 4.03. The minimum atomic E-state index is -0.420.